The van der Waals surface area contributed by atoms with Crippen LogP contribution in [-0.4, -0.2) is 23.4 Å². The van der Waals surface area contributed by atoms with Gasteiger partial charge in [-0.2, -0.15) is 0 Å². The largest absolute Gasteiger partial charge is 0.389 e. The molecule has 94 valence electrons. The van der Waals surface area contributed by atoms with Crippen molar-refractivity contribution in [1.82, 2.24) is 0 Å². The zero-order valence-corrected chi connectivity index (χ0v) is 10.7. The second-order valence-corrected chi connectivity index (χ2v) is 5.49. The van der Waals surface area contributed by atoms with E-state index in [1.165, 1.54) is 5.56 Å². The standard InChI is InChI=1S/C15H22O2/c1-12(2)14-11-15(16,8-9-17-14)10-13-6-4-3-5-7-13/h3-7,12,14,16H,8-11H2,1-2H3. The molecule has 2 unspecified atom stereocenters. The van der Waals surface area contributed by atoms with Crippen LogP contribution in [0.25, 0.3) is 0 Å². The molecule has 1 aromatic rings. The molecule has 1 N–H and O–H groups in total. The summed E-state index contributed by atoms with van der Waals surface area (Å²) < 4.78 is 5.71. The molecule has 1 heterocycles. The molecule has 0 aromatic heterocycles. The fourth-order valence-corrected chi connectivity index (χ4v) is 2.50. The summed E-state index contributed by atoms with van der Waals surface area (Å²) in [5.74, 6) is 0.470. The van der Waals surface area contributed by atoms with Crippen molar-refractivity contribution in [3.63, 3.8) is 0 Å². The van der Waals surface area contributed by atoms with Crippen molar-refractivity contribution in [2.45, 2.75) is 44.8 Å². The van der Waals surface area contributed by atoms with Gasteiger partial charge in [0.25, 0.3) is 0 Å². The number of aliphatic hydroxyl groups is 1. The highest BCUT2D eigenvalue weighted by molar-refractivity contribution is 5.17. The van der Waals surface area contributed by atoms with E-state index >= 15 is 0 Å². The van der Waals surface area contributed by atoms with E-state index in [2.05, 4.69) is 26.0 Å². The molecule has 2 nitrogen and oxygen atoms in total. The van der Waals surface area contributed by atoms with Gasteiger partial charge in [-0.1, -0.05) is 44.2 Å². The van der Waals surface area contributed by atoms with Crippen molar-refractivity contribution >= 4 is 0 Å². The van der Waals surface area contributed by atoms with Gasteiger partial charge in [-0.3, -0.25) is 0 Å². The number of hydrogen-bond donors (Lipinski definition) is 1. The highest BCUT2D eigenvalue weighted by Gasteiger charge is 2.36. The molecule has 0 amide bonds. The maximum absolute atomic E-state index is 10.7. The summed E-state index contributed by atoms with van der Waals surface area (Å²) in [7, 11) is 0. The summed E-state index contributed by atoms with van der Waals surface area (Å²) in [6.07, 6.45) is 2.42. The maximum atomic E-state index is 10.7. The molecule has 0 spiro atoms. The first-order valence-corrected chi connectivity index (χ1v) is 6.47. The molecule has 1 saturated heterocycles. The SMILES string of the molecule is CC(C)C1CC(O)(Cc2ccccc2)CCO1. The van der Waals surface area contributed by atoms with E-state index in [0.717, 1.165) is 19.3 Å². The van der Waals surface area contributed by atoms with E-state index in [1.807, 2.05) is 18.2 Å². The van der Waals surface area contributed by atoms with Gasteiger partial charge in [0.1, 0.15) is 0 Å². The minimum Gasteiger partial charge on any atom is -0.389 e. The number of rotatable bonds is 3. The Bertz CT molecular complexity index is 347. The minimum atomic E-state index is -0.589. The average molecular weight is 234 g/mol. The Balaban J connectivity index is 2.03. The second kappa shape index (κ2) is 5.19. The smallest absolute Gasteiger partial charge is 0.0734 e. The first-order chi connectivity index (χ1) is 8.09. The molecule has 2 rings (SSSR count). The van der Waals surface area contributed by atoms with Gasteiger partial charge in [0.15, 0.2) is 0 Å². The summed E-state index contributed by atoms with van der Waals surface area (Å²) in [6.45, 7) is 4.98. The Morgan fingerprint density at radius 3 is 2.71 bits per heavy atom. The van der Waals surface area contributed by atoms with E-state index in [4.69, 9.17) is 4.74 Å². The normalized spacial score (nSPS) is 29.5. The Morgan fingerprint density at radius 2 is 2.06 bits per heavy atom. The third-order valence-electron chi connectivity index (χ3n) is 3.60. The van der Waals surface area contributed by atoms with Crippen LogP contribution in [0.3, 0.4) is 0 Å². The molecule has 0 saturated carbocycles. The lowest BCUT2D eigenvalue weighted by molar-refractivity contribution is -0.116. The van der Waals surface area contributed by atoms with Crippen LogP contribution in [0, 0.1) is 5.92 Å². The van der Waals surface area contributed by atoms with Crippen LogP contribution in [0.5, 0.6) is 0 Å². The van der Waals surface area contributed by atoms with Gasteiger partial charge in [-0.25, -0.2) is 0 Å². The van der Waals surface area contributed by atoms with Gasteiger partial charge in [-0.15, -0.1) is 0 Å². The Morgan fingerprint density at radius 1 is 1.35 bits per heavy atom. The highest BCUT2D eigenvalue weighted by atomic mass is 16.5. The van der Waals surface area contributed by atoms with Crippen molar-refractivity contribution < 1.29 is 9.84 Å². The lowest BCUT2D eigenvalue weighted by Gasteiger charge is -2.38. The fraction of sp³-hybridized carbons (Fsp3) is 0.600. The van der Waals surface area contributed by atoms with Crippen LogP contribution in [0.4, 0.5) is 0 Å². The molecule has 1 aromatic carbocycles. The van der Waals surface area contributed by atoms with Gasteiger partial charge in [0.05, 0.1) is 11.7 Å². The summed E-state index contributed by atoms with van der Waals surface area (Å²) in [6, 6.07) is 10.2. The van der Waals surface area contributed by atoms with E-state index in [-0.39, 0.29) is 6.10 Å². The van der Waals surface area contributed by atoms with Crippen LogP contribution >= 0.6 is 0 Å². The molecule has 2 heteroatoms. The summed E-state index contributed by atoms with van der Waals surface area (Å²) >= 11 is 0. The second-order valence-electron chi connectivity index (χ2n) is 5.49. The third kappa shape index (κ3) is 3.30. The first-order valence-electron chi connectivity index (χ1n) is 6.47. The zero-order valence-electron chi connectivity index (χ0n) is 10.7. The van der Waals surface area contributed by atoms with Gasteiger partial charge in [0.2, 0.25) is 0 Å². The molecule has 0 aliphatic carbocycles. The summed E-state index contributed by atoms with van der Waals surface area (Å²) in [4.78, 5) is 0. The predicted molar refractivity (Wildman–Crippen MR) is 68.9 cm³/mol. The third-order valence-corrected chi connectivity index (χ3v) is 3.60. The van der Waals surface area contributed by atoms with E-state index in [1.54, 1.807) is 0 Å². The highest BCUT2D eigenvalue weighted by Crippen LogP contribution is 2.31. The Hall–Kier alpha value is -0.860. The summed E-state index contributed by atoms with van der Waals surface area (Å²) in [5.41, 5.74) is 0.619. The van der Waals surface area contributed by atoms with Crippen molar-refractivity contribution in [2.24, 2.45) is 5.92 Å². The lowest BCUT2D eigenvalue weighted by Crippen LogP contribution is -2.44. The number of hydrogen-bond acceptors (Lipinski definition) is 2. The molecular formula is C15H22O2. The van der Waals surface area contributed by atoms with Crippen LogP contribution in [-0.2, 0) is 11.2 Å². The number of ether oxygens (including phenoxy) is 1. The fourth-order valence-electron chi connectivity index (χ4n) is 2.50. The molecule has 1 aliphatic rings. The topological polar surface area (TPSA) is 29.5 Å². The predicted octanol–water partition coefficient (Wildman–Crippen LogP) is 2.80. The molecule has 0 radical (unpaired) electrons. The van der Waals surface area contributed by atoms with Crippen LogP contribution < -0.4 is 0 Å². The minimum absolute atomic E-state index is 0.192. The van der Waals surface area contributed by atoms with Gasteiger partial charge < -0.3 is 9.84 Å². The van der Waals surface area contributed by atoms with Gasteiger partial charge in [0, 0.05) is 19.4 Å². The van der Waals surface area contributed by atoms with Crippen molar-refractivity contribution in [2.75, 3.05) is 6.61 Å². The molecule has 2 atom stereocenters. The first kappa shape index (κ1) is 12.6. The van der Waals surface area contributed by atoms with E-state index in [9.17, 15) is 5.11 Å². The van der Waals surface area contributed by atoms with Gasteiger partial charge >= 0.3 is 0 Å². The molecule has 1 aliphatic heterocycles. The van der Waals surface area contributed by atoms with Crippen LogP contribution in [0.1, 0.15) is 32.3 Å². The number of benzene rings is 1. The monoisotopic (exact) mass is 234 g/mol. The van der Waals surface area contributed by atoms with Crippen molar-refractivity contribution in [3.8, 4) is 0 Å². The zero-order chi connectivity index (χ0) is 12.3. The Labute approximate surface area is 104 Å². The van der Waals surface area contributed by atoms with Gasteiger partial charge in [-0.05, 0) is 17.9 Å². The van der Waals surface area contributed by atoms with Crippen LogP contribution in [0.15, 0.2) is 30.3 Å². The lowest BCUT2D eigenvalue weighted by atomic mass is 9.82. The van der Waals surface area contributed by atoms with E-state index < -0.39 is 5.60 Å². The summed E-state index contributed by atoms with van der Waals surface area (Å²) in [5, 5.41) is 10.7. The van der Waals surface area contributed by atoms with Crippen molar-refractivity contribution in [3.05, 3.63) is 35.9 Å². The average Bonchev–Trinajstić information content (AvgIpc) is 2.29. The van der Waals surface area contributed by atoms with Crippen molar-refractivity contribution in [1.29, 1.82) is 0 Å². The maximum Gasteiger partial charge on any atom is 0.0734 e. The van der Waals surface area contributed by atoms with Crippen LogP contribution in [0.2, 0.25) is 0 Å². The van der Waals surface area contributed by atoms with E-state index in [0.29, 0.717) is 12.5 Å². The quantitative estimate of drug-likeness (QED) is 0.871. The molecule has 0 bridgehead atoms. The molecular weight excluding hydrogens is 212 g/mol. The Kier molecular flexibility index (Phi) is 3.85. The molecule has 17 heavy (non-hydrogen) atoms. The molecule has 1 fully saturated rings.